The highest BCUT2D eigenvalue weighted by molar-refractivity contribution is 7.14. The van der Waals surface area contributed by atoms with Gasteiger partial charge in [-0.2, -0.15) is 0 Å². The first-order chi connectivity index (χ1) is 14.8. The number of carbonyl (C=O) groups is 1. The number of primary amides is 1. The SMILES string of the molecule is CC(C)(C)[C@@H]1CCN(c2nc(C(N)=O)cs2)C1O[Si](c1ccccc1)c1ccccc1. The van der Waals surface area contributed by atoms with Gasteiger partial charge in [0, 0.05) is 17.8 Å². The summed E-state index contributed by atoms with van der Waals surface area (Å²) in [6.45, 7) is 7.65. The highest BCUT2D eigenvalue weighted by Gasteiger charge is 2.44. The number of nitrogens with zero attached hydrogens (tertiary/aromatic N) is 2. The molecule has 1 fully saturated rings. The maximum Gasteiger partial charge on any atom is 0.285 e. The van der Waals surface area contributed by atoms with Crippen molar-refractivity contribution in [3.05, 3.63) is 71.7 Å². The van der Waals surface area contributed by atoms with Gasteiger partial charge in [0.05, 0.1) is 0 Å². The van der Waals surface area contributed by atoms with Crippen molar-refractivity contribution in [2.45, 2.75) is 33.4 Å². The minimum Gasteiger partial charge on any atom is -0.387 e. The second-order valence-corrected chi connectivity index (χ2v) is 11.8. The molecule has 7 heteroatoms. The van der Waals surface area contributed by atoms with Gasteiger partial charge < -0.3 is 15.1 Å². The van der Waals surface area contributed by atoms with Crippen LogP contribution in [-0.2, 0) is 4.43 Å². The second-order valence-electron chi connectivity index (χ2n) is 8.90. The quantitative estimate of drug-likeness (QED) is 0.586. The van der Waals surface area contributed by atoms with E-state index in [-0.39, 0.29) is 11.6 Å². The maximum atomic E-state index is 11.6. The summed E-state index contributed by atoms with van der Waals surface area (Å²) >= 11 is 1.46. The highest BCUT2D eigenvalue weighted by Crippen LogP contribution is 2.42. The summed E-state index contributed by atoms with van der Waals surface area (Å²) in [6, 6.07) is 21.0. The number of nitrogens with two attached hydrogens (primary N) is 1. The zero-order chi connectivity index (χ0) is 22.0. The summed E-state index contributed by atoms with van der Waals surface area (Å²) < 4.78 is 7.04. The van der Waals surface area contributed by atoms with E-state index < -0.39 is 14.9 Å². The third-order valence-electron chi connectivity index (χ3n) is 5.75. The van der Waals surface area contributed by atoms with Crippen LogP contribution in [0.2, 0.25) is 0 Å². The predicted molar refractivity (Wildman–Crippen MR) is 128 cm³/mol. The van der Waals surface area contributed by atoms with Crippen molar-refractivity contribution in [3.63, 3.8) is 0 Å². The van der Waals surface area contributed by atoms with Crippen molar-refractivity contribution in [2.75, 3.05) is 11.4 Å². The average molecular weight is 451 g/mol. The minimum absolute atomic E-state index is 0.0730. The lowest BCUT2D eigenvalue weighted by Gasteiger charge is -2.37. The van der Waals surface area contributed by atoms with Gasteiger partial charge in [-0.05, 0) is 22.2 Å². The molecule has 0 bridgehead atoms. The van der Waals surface area contributed by atoms with Crippen molar-refractivity contribution in [3.8, 4) is 0 Å². The standard InChI is InChI=1S/C24H28N3O2SSi/c1-24(2,3)19-14-15-27(23-26-20(16-30-23)21(25)28)22(19)29-31(17-10-6-4-7-11-17)18-12-8-5-9-13-18/h4-13,16,19,22H,14-15H2,1-3H3,(H2,25,28)/t19-,22?/m1/s1. The van der Waals surface area contributed by atoms with Crippen LogP contribution in [0.3, 0.4) is 0 Å². The zero-order valence-corrected chi connectivity index (χ0v) is 19.9. The molecular formula is C24H28N3O2SSi. The Bertz CT molecular complexity index is 981. The Morgan fingerprint density at radius 3 is 2.16 bits per heavy atom. The van der Waals surface area contributed by atoms with E-state index in [0.29, 0.717) is 11.6 Å². The van der Waals surface area contributed by atoms with Crippen LogP contribution in [0, 0.1) is 11.3 Å². The summed E-state index contributed by atoms with van der Waals surface area (Å²) in [6.07, 6.45) is 0.888. The molecule has 1 saturated heterocycles. The number of aromatic nitrogens is 1. The average Bonchev–Trinajstić information content (AvgIpc) is 3.40. The number of hydrogen-bond acceptors (Lipinski definition) is 5. The molecule has 1 amide bonds. The first kappa shape index (κ1) is 21.7. The molecule has 1 aromatic heterocycles. The van der Waals surface area contributed by atoms with Crippen molar-refractivity contribution in [2.24, 2.45) is 17.1 Å². The van der Waals surface area contributed by atoms with E-state index in [0.717, 1.165) is 18.1 Å². The molecule has 161 valence electrons. The van der Waals surface area contributed by atoms with Crippen LogP contribution in [0.4, 0.5) is 5.13 Å². The fourth-order valence-corrected chi connectivity index (χ4v) is 7.08. The lowest BCUT2D eigenvalue weighted by atomic mass is 9.79. The summed E-state index contributed by atoms with van der Waals surface area (Å²) in [5.41, 5.74) is 5.84. The van der Waals surface area contributed by atoms with Crippen molar-refractivity contribution >= 4 is 41.8 Å². The normalized spacial score (nSPS) is 19.2. The van der Waals surface area contributed by atoms with Gasteiger partial charge in [-0.15, -0.1) is 11.3 Å². The van der Waals surface area contributed by atoms with Gasteiger partial charge in [-0.25, -0.2) is 4.98 Å². The molecule has 1 aliphatic heterocycles. The first-order valence-corrected chi connectivity index (χ1v) is 12.8. The van der Waals surface area contributed by atoms with Crippen molar-refractivity contribution in [1.29, 1.82) is 0 Å². The monoisotopic (exact) mass is 450 g/mol. The van der Waals surface area contributed by atoms with Crippen LogP contribution < -0.4 is 21.0 Å². The molecule has 5 nitrogen and oxygen atoms in total. The number of carbonyl (C=O) groups excluding carboxylic acids is 1. The Morgan fingerprint density at radius 1 is 1.10 bits per heavy atom. The molecule has 2 atom stereocenters. The van der Waals surface area contributed by atoms with Crippen LogP contribution in [0.1, 0.15) is 37.7 Å². The molecule has 3 aromatic rings. The lowest BCUT2D eigenvalue weighted by Crippen LogP contribution is -2.52. The van der Waals surface area contributed by atoms with Gasteiger partial charge in [0.25, 0.3) is 14.9 Å². The molecule has 1 radical (unpaired) electrons. The highest BCUT2D eigenvalue weighted by atomic mass is 32.1. The van der Waals surface area contributed by atoms with Gasteiger partial charge in [-0.3, -0.25) is 4.79 Å². The van der Waals surface area contributed by atoms with E-state index >= 15 is 0 Å². The molecule has 31 heavy (non-hydrogen) atoms. The third kappa shape index (κ3) is 4.73. The number of benzene rings is 2. The predicted octanol–water partition coefficient (Wildman–Crippen LogP) is 3.26. The topological polar surface area (TPSA) is 68.5 Å². The van der Waals surface area contributed by atoms with Gasteiger partial charge in [0.2, 0.25) is 0 Å². The number of thiazole rings is 1. The fraction of sp³-hybridized carbons (Fsp3) is 0.333. The molecular weight excluding hydrogens is 422 g/mol. The van der Waals surface area contributed by atoms with Gasteiger partial charge in [0.15, 0.2) is 5.13 Å². The largest absolute Gasteiger partial charge is 0.387 e. The first-order valence-electron chi connectivity index (χ1n) is 10.5. The van der Waals surface area contributed by atoms with E-state index in [1.54, 1.807) is 5.38 Å². The molecule has 0 saturated carbocycles. The summed E-state index contributed by atoms with van der Waals surface area (Å²) in [5.74, 6) is -0.161. The second kappa shape index (κ2) is 8.94. The summed E-state index contributed by atoms with van der Waals surface area (Å²) in [5, 5.41) is 4.97. The zero-order valence-electron chi connectivity index (χ0n) is 18.1. The summed E-state index contributed by atoms with van der Waals surface area (Å²) in [4.78, 5) is 18.3. The van der Waals surface area contributed by atoms with E-state index in [1.165, 1.54) is 21.7 Å². The maximum absolute atomic E-state index is 11.6. The van der Waals surface area contributed by atoms with Crippen LogP contribution >= 0.6 is 11.3 Å². The van der Waals surface area contributed by atoms with Crippen molar-refractivity contribution in [1.82, 2.24) is 4.98 Å². The van der Waals surface area contributed by atoms with Gasteiger partial charge in [0.1, 0.15) is 11.9 Å². The van der Waals surface area contributed by atoms with E-state index in [1.807, 2.05) is 12.1 Å². The van der Waals surface area contributed by atoms with E-state index in [4.69, 9.17) is 10.2 Å². The number of anilines is 1. The third-order valence-corrected chi connectivity index (χ3v) is 8.82. The Morgan fingerprint density at radius 2 is 1.68 bits per heavy atom. The lowest BCUT2D eigenvalue weighted by molar-refractivity contribution is 0.0909. The number of rotatable bonds is 6. The van der Waals surface area contributed by atoms with Gasteiger partial charge >= 0.3 is 0 Å². The van der Waals surface area contributed by atoms with E-state index in [9.17, 15) is 4.79 Å². The molecule has 1 aliphatic rings. The fourth-order valence-electron chi connectivity index (χ4n) is 4.09. The Labute approximate surface area is 189 Å². The minimum atomic E-state index is -1.48. The molecule has 2 heterocycles. The summed E-state index contributed by atoms with van der Waals surface area (Å²) in [7, 11) is -1.48. The van der Waals surface area contributed by atoms with Crippen LogP contribution in [0.25, 0.3) is 0 Å². The number of amides is 1. The smallest absolute Gasteiger partial charge is 0.285 e. The van der Waals surface area contributed by atoms with Crippen molar-refractivity contribution < 1.29 is 9.22 Å². The molecule has 2 N–H and O–H groups in total. The number of hydrogen-bond donors (Lipinski definition) is 1. The Balaban J connectivity index is 1.72. The Hall–Kier alpha value is -2.48. The molecule has 0 spiro atoms. The molecule has 4 rings (SSSR count). The molecule has 1 unspecified atom stereocenters. The molecule has 2 aromatic carbocycles. The van der Waals surface area contributed by atoms with Crippen LogP contribution in [0.5, 0.6) is 0 Å². The van der Waals surface area contributed by atoms with Gasteiger partial charge in [-0.1, -0.05) is 81.4 Å². The molecule has 0 aliphatic carbocycles. The van der Waals surface area contributed by atoms with E-state index in [2.05, 4.69) is 79.2 Å². The van der Waals surface area contributed by atoms with Crippen LogP contribution in [0.15, 0.2) is 66.0 Å². The Kier molecular flexibility index (Phi) is 6.27. The van der Waals surface area contributed by atoms with Crippen LogP contribution in [-0.4, -0.2) is 32.7 Å².